The fourth-order valence-electron chi connectivity index (χ4n) is 3.36. The summed E-state index contributed by atoms with van der Waals surface area (Å²) in [5.74, 6) is 2.07. The van der Waals surface area contributed by atoms with Gasteiger partial charge in [-0.3, -0.25) is 0 Å². The first-order valence-corrected chi connectivity index (χ1v) is 9.28. The Morgan fingerprint density at radius 3 is 1.92 bits per heavy atom. The first-order valence-electron chi connectivity index (χ1n) is 8.85. The molecule has 0 amide bonds. The Balaban J connectivity index is 1.89. The monoisotopic (exact) mass is 355 g/mol. The molecular weight excluding hydrogens is 337 g/mol. The number of anilines is 3. The maximum Gasteiger partial charge on any atom is 0.308 e. The van der Waals surface area contributed by atoms with Gasteiger partial charge in [-0.15, -0.1) is 0 Å². The van der Waals surface area contributed by atoms with Gasteiger partial charge < -0.3 is 4.90 Å². The van der Waals surface area contributed by atoms with E-state index in [1.807, 2.05) is 12.1 Å². The summed E-state index contributed by atoms with van der Waals surface area (Å²) in [7, 11) is 0. The van der Waals surface area contributed by atoms with E-state index >= 15 is 0 Å². The number of hydrogen-bond donors (Lipinski definition) is 0. The number of hydrogen-bond acceptors (Lipinski definition) is 1. The molecule has 126 valence electrons. The molecule has 26 heavy (non-hydrogen) atoms. The summed E-state index contributed by atoms with van der Waals surface area (Å²) in [4.78, 5) is 2.29. The molecule has 3 aromatic carbocycles. The molecule has 0 radical (unpaired) electrons. The van der Waals surface area contributed by atoms with Gasteiger partial charge in [-0.1, -0.05) is 78.2 Å². The summed E-state index contributed by atoms with van der Waals surface area (Å²) in [6.45, 7) is 0. The Morgan fingerprint density at radius 2 is 1.31 bits per heavy atom. The molecule has 0 saturated heterocycles. The smallest absolute Gasteiger partial charge is 0.308 e. The normalized spacial score (nSPS) is 13.4. The molecule has 0 N–H and O–H groups in total. The Kier molecular flexibility index (Phi) is 4.94. The van der Waals surface area contributed by atoms with Gasteiger partial charge in [0, 0.05) is 11.4 Å². The van der Waals surface area contributed by atoms with Gasteiger partial charge >= 0.3 is 6.13 Å². The third kappa shape index (κ3) is 3.33. The number of benzene rings is 3. The molecule has 3 heteroatoms. The molecule has 1 aliphatic heterocycles. The van der Waals surface area contributed by atoms with E-state index in [9.17, 15) is 0 Å². The molecule has 0 bridgehead atoms. The summed E-state index contributed by atoms with van der Waals surface area (Å²) in [6.07, 6.45) is 5.17. The minimum Gasteiger partial charge on any atom is -0.310 e. The van der Waals surface area contributed by atoms with Crippen LogP contribution in [0.5, 0.6) is 0 Å². The Hall–Kier alpha value is -2.71. The molecule has 0 aliphatic carbocycles. The van der Waals surface area contributed by atoms with Crippen molar-refractivity contribution in [2.45, 2.75) is 6.42 Å². The highest BCUT2D eigenvalue weighted by Gasteiger charge is 2.23. The average molecular weight is 356 g/mol. The van der Waals surface area contributed by atoms with Gasteiger partial charge in [0.2, 0.25) is 0 Å². The molecule has 1 aliphatic rings. The van der Waals surface area contributed by atoms with E-state index in [1.165, 1.54) is 11.0 Å². The van der Waals surface area contributed by atoms with Crippen molar-refractivity contribution in [1.82, 2.24) is 0 Å². The lowest BCUT2D eigenvalue weighted by Crippen LogP contribution is -2.15. The van der Waals surface area contributed by atoms with E-state index in [1.54, 1.807) is 0 Å². The van der Waals surface area contributed by atoms with Crippen molar-refractivity contribution in [2.24, 2.45) is 0 Å². The first kappa shape index (κ1) is 16.7. The van der Waals surface area contributed by atoms with E-state index in [-0.39, 0.29) is 6.13 Å². The van der Waals surface area contributed by atoms with Crippen LogP contribution in [0.3, 0.4) is 0 Å². The lowest BCUT2D eigenvalue weighted by atomic mass is 9.62. The third-order valence-corrected chi connectivity index (χ3v) is 4.94. The second kappa shape index (κ2) is 7.67. The van der Waals surface area contributed by atoms with Crippen molar-refractivity contribution < 1.29 is 0 Å². The number of nitrogens with zero attached hydrogens (tertiary/aromatic N) is 1. The van der Waals surface area contributed by atoms with Crippen LogP contribution in [0.1, 0.15) is 12.0 Å². The molecule has 4 rings (SSSR count). The SMILES string of the molecule is ClB1C=CCC=C1c1ccccc1N(c1ccccc1)c1ccccc1. The summed E-state index contributed by atoms with van der Waals surface area (Å²) < 4.78 is 0. The lowest BCUT2D eigenvalue weighted by molar-refractivity contribution is 1.27. The zero-order valence-corrected chi connectivity index (χ0v) is 15.2. The molecule has 1 nitrogen and oxygen atoms in total. The first-order chi connectivity index (χ1) is 12.8. The fourth-order valence-corrected chi connectivity index (χ4v) is 3.67. The van der Waals surface area contributed by atoms with Crippen LogP contribution >= 0.6 is 11.5 Å². The maximum absolute atomic E-state index is 6.61. The van der Waals surface area contributed by atoms with Crippen LogP contribution in [0.25, 0.3) is 5.47 Å². The van der Waals surface area contributed by atoms with Crippen LogP contribution in [0, 0.1) is 0 Å². The predicted octanol–water partition coefficient (Wildman–Crippen LogP) is 6.81. The molecule has 0 spiro atoms. The fraction of sp³-hybridized carbons (Fsp3) is 0.0435. The second-order valence-corrected chi connectivity index (χ2v) is 6.72. The molecule has 0 fully saturated rings. The molecule has 0 aromatic heterocycles. The highest BCUT2D eigenvalue weighted by atomic mass is 35.5. The standard InChI is InChI=1S/C23H19BClN/c25-24-18-10-9-16-22(24)21-15-7-8-17-23(21)26(19-11-3-1-4-12-19)20-13-5-2-6-14-20/h1-8,10-18H,9H2. The van der Waals surface area contributed by atoms with Gasteiger partial charge in [0.15, 0.2) is 0 Å². The zero-order valence-electron chi connectivity index (χ0n) is 14.4. The minimum absolute atomic E-state index is 0.0988. The van der Waals surface area contributed by atoms with E-state index in [0.717, 1.165) is 23.5 Å². The molecule has 0 atom stereocenters. The van der Waals surface area contributed by atoms with Crippen molar-refractivity contribution in [1.29, 1.82) is 0 Å². The van der Waals surface area contributed by atoms with Crippen molar-refractivity contribution in [2.75, 3.05) is 4.90 Å². The summed E-state index contributed by atoms with van der Waals surface area (Å²) in [5, 5.41) is 0. The van der Waals surface area contributed by atoms with Crippen LogP contribution in [-0.2, 0) is 0 Å². The van der Waals surface area contributed by atoms with Crippen LogP contribution in [0.4, 0.5) is 17.1 Å². The number of halogens is 1. The number of para-hydroxylation sites is 3. The van der Waals surface area contributed by atoms with Crippen LogP contribution in [0.2, 0.25) is 0 Å². The van der Waals surface area contributed by atoms with Crippen molar-refractivity contribution in [3.8, 4) is 0 Å². The largest absolute Gasteiger partial charge is 0.310 e. The van der Waals surface area contributed by atoms with E-state index in [2.05, 4.69) is 95.8 Å². The van der Waals surface area contributed by atoms with Gasteiger partial charge in [-0.25, -0.2) is 0 Å². The summed E-state index contributed by atoms with van der Waals surface area (Å²) >= 11 is 6.61. The van der Waals surface area contributed by atoms with E-state index in [4.69, 9.17) is 11.5 Å². The second-order valence-electron chi connectivity index (χ2n) is 6.25. The van der Waals surface area contributed by atoms with Gasteiger partial charge in [-0.05, 0) is 42.3 Å². The average Bonchev–Trinajstić information content (AvgIpc) is 2.71. The highest BCUT2D eigenvalue weighted by Crippen LogP contribution is 2.40. The van der Waals surface area contributed by atoms with Crippen molar-refractivity contribution in [3.63, 3.8) is 0 Å². The topological polar surface area (TPSA) is 3.24 Å². The van der Waals surface area contributed by atoms with E-state index < -0.39 is 0 Å². The minimum atomic E-state index is -0.0988. The third-order valence-electron chi connectivity index (χ3n) is 4.56. The summed E-state index contributed by atoms with van der Waals surface area (Å²) in [6, 6.07) is 29.4. The maximum atomic E-state index is 6.61. The zero-order chi connectivity index (χ0) is 17.8. The summed E-state index contributed by atoms with van der Waals surface area (Å²) in [5.41, 5.74) is 5.73. The Morgan fingerprint density at radius 1 is 0.731 bits per heavy atom. The van der Waals surface area contributed by atoms with Gasteiger partial charge in [0.25, 0.3) is 0 Å². The quantitative estimate of drug-likeness (QED) is 0.465. The molecule has 0 unspecified atom stereocenters. The van der Waals surface area contributed by atoms with Crippen molar-refractivity contribution >= 4 is 40.1 Å². The van der Waals surface area contributed by atoms with Gasteiger partial charge in [0.05, 0.1) is 5.69 Å². The molecule has 3 aromatic rings. The highest BCUT2D eigenvalue weighted by molar-refractivity contribution is 7.20. The van der Waals surface area contributed by atoms with Crippen LogP contribution in [-0.4, -0.2) is 6.13 Å². The predicted molar refractivity (Wildman–Crippen MR) is 114 cm³/mol. The van der Waals surface area contributed by atoms with Crippen molar-refractivity contribution in [3.05, 3.63) is 109 Å². The van der Waals surface area contributed by atoms with Crippen LogP contribution in [0.15, 0.2) is 103 Å². The Bertz CT molecular complexity index is 895. The van der Waals surface area contributed by atoms with Gasteiger partial charge in [-0.2, -0.15) is 11.5 Å². The molecular formula is C23H19BClN. The van der Waals surface area contributed by atoms with Gasteiger partial charge in [0.1, 0.15) is 0 Å². The van der Waals surface area contributed by atoms with Crippen LogP contribution < -0.4 is 4.90 Å². The van der Waals surface area contributed by atoms with E-state index in [0.29, 0.717) is 0 Å². The Labute approximate surface area is 160 Å². The number of rotatable bonds is 4. The molecule has 0 saturated carbocycles. The molecule has 1 heterocycles. The lowest BCUT2D eigenvalue weighted by Gasteiger charge is -2.29. The number of allylic oxidation sites excluding steroid dienone is 2.